The summed E-state index contributed by atoms with van der Waals surface area (Å²) in [4.78, 5) is 15.7. The topological polar surface area (TPSA) is 96.0 Å². The Kier molecular flexibility index (Phi) is 3.26. The lowest BCUT2D eigenvalue weighted by molar-refractivity contribution is -0.386. The van der Waals surface area contributed by atoms with Gasteiger partial charge in [0.05, 0.1) is 16.3 Å². The Hall–Kier alpha value is -2.54. The zero-order valence-electron chi connectivity index (χ0n) is 10.7. The van der Waals surface area contributed by atoms with Crippen LogP contribution in [0.2, 0.25) is 0 Å². The minimum atomic E-state index is -0.733. The van der Waals surface area contributed by atoms with Crippen LogP contribution < -0.4 is 0 Å². The van der Waals surface area contributed by atoms with Crippen LogP contribution in [-0.2, 0) is 0 Å². The molecular weight excluding hydrogens is 292 g/mol. The average molecular weight is 302 g/mol. The van der Waals surface area contributed by atoms with E-state index in [-0.39, 0.29) is 0 Å². The van der Waals surface area contributed by atoms with Crippen molar-refractivity contribution >= 4 is 28.8 Å². The summed E-state index contributed by atoms with van der Waals surface area (Å²) < 4.78 is 0. The third kappa shape index (κ3) is 2.43. The number of rotatable bonds is 2. The number of hydrogen-bond donors (Lipinski definition) is 2. The van der Waals surface area contributed by atoms with Crippen LogP contribution in [-0.4, -0.2) is 26.6 Å². The van der Waals surface area contributed by atoms with Crippen LogP contribution in [0.5, 0.6) is 11.5 Å². The van der Waals surface area contributed by atoms with Crippen LogP contribution in [0.4, 0.5) is 11.4 Å². The molecule has 0 saturated heterocycles. The molecule has 7 heteroatoms. The van der Waals surface area contributed by atoms with Crippen molar-refractivity contribution in [3.8, 4) is 11.5 Å². The molecule has 2 aromatic rings. The molecule has 1 aliphatic rings. The predicted octanol–water partition coefficient (Wildman–Crippen LogP) is 3.23. The number of hydrogen-bond acceptors (Lipinski definition) is 6. The summed E-state index contributed by atoms with van der Waals surface area (Å²) >= 11 is 1.57. The van der Waals surface area contributed by atoms with E-state index in [0.717, 1.165) is 10.6 Å². The van der Waals surface area contributed by atoms with Gasteiger partial charge in [-0.25, -0.2) is 0 Å². The number of nitro groups is 1. The quantitative estimate of drug-likeness (QED) is 0.504. The number of para-hydroxylation sites is 1. The lowest BCUT2D eigenvalue weighted by atomic mass is 10.1. The summed E-state index contributed by atoms with van der Waals surface area (Å²) in [7, 11) is 0. The lowest BCUT2D eigenvalue weighted by Crippen LogP contribution is -2.08. The van der Waals surface area contributed by atoms with Crippen molar-refractivity contribution < 1.29 is 15.1 Å². The van der Waals surface area contributed by atoms with Crippen molar-refractivity contribution in [2.24, 2.45) is 4.99 Å². The number of aromatic hydroxyl groups is 2. The van der Waals surface area contributed by atoms with E-state index in [0.29, 0.717) is 17.0 Å². The third-order valence-corrected chi connectivity index (χ3v) is 4.16. The van der Waals surface area contributed by atoms with Gasteiger partial charge in [-0.1, -0.05) is 12.1 Å². The SMILES string of the molecule is O=[N+]([O-])c1cc(C2=Nc3ccccc3SC2)cc(O)c1O. The van der Waals surface area contributed by atoms with Gasteiger partial charge in [-0.15, -0.1) is 11.8 Å². The Balaban J connectivity index is 2.10. The molecule has 0 aromatic heterocycles. The van der Waals surface area contributed by atoms with Crippen molar-refractivity contribution in [1.29, 1.82) is 0 Å². The van der Waals surface area contributed by atoms with Gasteiger partial charge in [0.15, 0.2) is 5.75 Å². The Morgan fingerprint density at radius 1 is 1.24 bits per heavy atom. The van der Waals surface area contributed by atoms with Gasteiger partial charge >= 0.3 is 5.69 Å². The molecule has 0 radical (unpaired) electrons. The number of aliphatic imine (C=N–C) groups is 1. The second-order valence-corrected chi connectivity index (χ2v) is 5.45. The zero-order chi connectivity index (χ0) is 15.0. The van der Waals surface area contributed by atoms with E-state index in [1.54, 1.807) is 11.8 Å². The third-order valence-electron chi connectivity index (χ3n) is 3.08. The highest BCUT2D eigenvalue weighted by Crippen LogP contribution is 2.39. The number of phenolic OH excluding ortho intramolecular Hbond substituents is 2. The van der Waals surface area contributed by atoms with Crippen LogP contribution >= 0.6 is 11.8 Å². The van der Waals surface area contributed by atoms with E-state index >= 15 is 0 Å². The van der Waals surface area contributed by atoms with Crippen LogP contribution in [0.25, 0.3) is 0 Å². The van der Waals surface area contributed by atoms with E-state index in [9.17, 15) is 20.3 Å². The minimum absolute atomic E-state index is 0.430. The number of thioether (sulfide) groups is 1. The molecule has 2 N–H and O–H groups in total. The first-order chi connectivity index (χ1) is 10.1. The fourth-order valence-corrected chi connectivity index (χ4v) is 3.01. The molecule has 0 bridgehead atoms. The summed E-state index contributed by atoms with van der Waals surface area (Å²) in [6.07, 6.45) is 0. The smallest absolute Gasteiger partial charge is 0.315 e. The molecule has 106 valence electrons. The minimum Gasteiger partial charge on any atom is -0.504 e. The summed E-state index contributed by atoms with van der Waals surface area (Å²) in [6.45, 7) is 0. The van der Waals surface area contributed by atoms with Crippen molar-refractivity contribution in [2.45, 2.75) is 4.90 Å². The highest BCUT2D eigenvalue weighted by atomic mass is 32.2. The van der Waals surface area contributed by atoms with Gasteiger partial charge in [0.1, 0.15) is 0 Å². The molecule has 21 heavy (non-hydrogen) atoms. The lowest BCUT2D eigenvalue weighted by Gasteiger charge is -2.15. The molecule has 1 heterocycles. The maximum atomic E-state index is 10.9. The number of nitrogens with zero attached hydrogens (tertiary/aromatic N) is 2. The molecule has 1 aliphatic heterocycles. The molecule has 6 nitrogen and oxygen atoms in total. The Morgan fingerprint density at radius 3 is 2.76 bits per heavy atom. The van der Waals surface area contributed by atoms with E-state index < -0.39 is 22.1 Å². The number of benzene rings is 2. The van der Waals surface area contributed by atoms with Gasteiger partial charge in [-0.3, -0.25) is 15.1 Å². The van der Waals surface area contributed by atoms with Crippen LogP contribution in [0, 0.1) is 10.1 Å². The molecule has 0 spiro atoms. The fraction of sp³-hybridized carbons (Fsp3) is 0.0714. The number of fused-ring (bicyclic) bond motifs is 1. The Labute approximate surface area is 123 Å². The van der Waals surface area contributed by atoms with Crippen molar-refractivity contribution in [1.82, 2.24) is 0 Å². The standard InChI is InChI=1S/C14H10N2O4S/c17-12-6-8(5-11(14(12)18)16(19)20)10-7-21-13-4-2-1-3-9(13)15-10/h1-6,17-18H,7H2. The van der Waals surface area contributed by atoms with E-state index in [4.69, 9.17) is 0 Å². The maximum Gasteiger partial charge on any atom is 0.315 e. The van der Waals surface area contributed by atoms with E-state index in [1.807, 2.05) is 24.3 Å². The summed E-state index contributed by atoms with van der Waals surface area (Å²) in [5, 5.41) is 30.0. The van der Waals surface area contributed by atoms with Gasteiger partial charge in [0.25, 0.3) is 0 Å². The van der Waals surface area contributed by atoms with Gasteiger partial charge in [-0.05, 0) is 18.2 Å². The Morgan fingerprint density at radius 2 is 2.00 bits per heavy atom. The molecule has 0 fully saturated rings. The monoisotopic (exact) mass is 302 g/mol. The average Bonchev–Trinajstić information content (AvgIpc) is 2.49. The normalized spacial score (nSPS) is 13.4. The zero-order valence-corrected chi connectivity index (χ0v) is 11.5. The van der Waals surface area contributed by atoms with Crippen molar-refractivity contribution in [2.75, 3.05) is 5.75 Å². The molecule has 0 saturated carbocycles. The van der Waals surface area contributed by atoms with Crippen LogP contribution in [0.3, 0.4) is 0 Å². The second kappa shape index (κ2) is 5.10. The Bertz CT molecular complexity index is 774. The van der Waals surface area contributed by atoms with E-state index in [1.165, 1.54) is 12.1 Å². The van der Waals surface area contributed by atoms with Gasteiger partial charge in [0, 0.05) is 22.3 Å². The van der Waals surface area contributed by atoms with Gasteiger partial charge < -0.3 is 10.2 Å². The largest absolute Gasteiger partial charge is 0.504 e. The van der Waals surface area contributed by atoms with E-state index in [2.05, 4.69) is 4.99 Å². The highest BCUT2D eigenvalue weighted by molar-refractivity contribution is 8.00. The van der Waals surface area contributed by atoms with Crippen LogP contribution in [0.15, 0.2) is 46.3 Å². The molecule has 0 atom stereocenters. The molecule has 0 aliphatic carbocycles. The summed E-state index contributed by atoms with van der Waals surface area (Å²) in [5.41, 5.74) is 1.31. The van der Waals surface area contributed by atoms with Gasteiger partial charge in [-0.2, -0.15) is 0 Å². The van der Waals surface area contributed by atoms with Crippen LogP contribution in [0.1, 0.15) is 5.56 Å². The molecule has 0 amide bonds. The van der Waals surface area contributed by atoms with Gasteiger partial charge in [0.2, 0.25) is 5.75 Å². The molecule has 0 unspecified atom stereocenters. The molecule has 3 rings (SSSR count). The molecular formula is C14H10N2O4S. The second-order valence-electron chi connectivity index (χ2n) is 4.44. The first-order valence-electron chi connectivity index (χ1n) is 6.06. The fourth-order valence-electron chi connectivity index (χ4n) is 2.05. The summed E-state index contributed by atoms with van der Waals surface area (Å²) in [6, 6.07) is 10.1. The number of nitro benzene ring substituents is 1. The first-order valence-corrected chi connectivity index (χ1v) is 7.05. The predicted molar refractivity (Wildman–Crippen MR) is 79.8 cm³/mol. The maximum absolute atomic E-state index is 10.9. The number of phenols is 2. The van der Waals surface area contributed by atoms with Crippen molar-refractivity contribution in [3.05, 3.63) is 52.1 Å². The highest BCUT2D eigenvalue weighted by Gasteiger charge is 2.22. The summed E-state index contributed by atoms with van der Waals surface area (Å²) in [5.74, 6) is -0.711. The first kappa shape index (κ1) is 13.4. The van der Waals surface area contributed by atoms with Crippen molar-refractivity contribution in [3.63, 3.8) is 0 Å². The molecule has 2 aromatic carbocycles.